The van der Waals surface area contributed by atoms with Crippen molar-refractivity contribution in [1.82, 2.24) is 0 Å². The molecule has 0 aromatic rings. The molecular weight excluding hydrogens is 268 g/mol. The number of ether oxygens (including phenoxy) is 1. The van der Waals surface area contributed by atoms with Crippen molar-refractivity contribution in [2.75, 3.05) is 13.2 Å². The van der Waals surface area contributed by atoms with E-state index in [0.717, 1.165) is 13.2 Å². The van der Waals surface area contributed by atoms with E-state index in [0.29, 0.717) is 0 Å². The lowest BCUT2D eigenvalue weighted by atomic mass is 10.3. The third-order valence-electron chi connectivity index (χ3n) is 1.53. The van der Waals surface area contributed by atoms with Crippen LogP contribution in [0.25, 0.3) is 0 Å². The number of unbranched alkanes of at least 4 members (excludes halogenated alkanes) is 3. The summed E-state index contributed by atoms with van der Waals surface area (Å²) in [5, 5.41) is 0. The summed E-state index contributed by atoms with van der Waals surface area (Å²) in [6.45, 7) is 27.3. The molecule has 1 nitrogen and oxygen atoms in total. The van der Waals surface area contributed by atoms with E-state index in [4.69, 9.17) is 4.74 Å². The molecule has 0 saturated heterocycles. The van der Waals surface area contributed by atoms with Crippen LogP contribution >= 0.6 is 0 Å². The highest BCUT2D eigenvalue weighted by Crippen LogP contribution is 1.95. The number of allylic oxidation sites excluding steroid dienone is 4. The predicted molar refractivity (Wildman–Crippen MR) is 109 cm³/mol. The van der Waals surface area contributed by atoms with Crippen LogP contribution in [0.15, 0.2) is 50.6 Å². The van der Waals surface area contributed by atoms with Gasteiger partial charge in [-0.1, -0.05) is 57.4 Å². The van der Waals surface area contributed by atoms with Crippen LogP contribution < -0.4 is 0 Å². The third kappa shape index (κ3) is 173. The second-order valence-electron chi connectivity index (χ2n) is 4.31. The van der Waals surface area contributed by atoms with Crippen molar-refractivity contribution in [1.29, 1.82) is 0 Å². The van der Waals surface area contributed by atoms with Crippen molar-refractivity contribution in [3.8, 4) is 0 Å². The van der Waals surface area contributed by atoms with Crippen LogP contribution in [0.2, 0.25) is 0 Å². The Bertz CT molecular complexity index is 139. The van der Waals surface area contributed by atoms with Gasteiger partial charge in [-0.25, -0.2) is 0 Å². The molecule has 1 heteroatoms. The second kappa shape index (κ2) is 59.8. The molecule has 0 rings (SSSR count). The average molecular weight is 313 g/mol. The Hall–Kier alpha value is -1.08. The van der Waals surface area contributed by atoms with Gasteiger partial charge < -0.3 is 4.74 Å². The van der Waals surface area contributed by atoms with Crippen molar-refractivity contribution in [3.63, 3.8) is 0 Å². The highest BCUT2D eigenvalue weighted by atomic mass is 16.5. The summed E-state index contributed by atoms with van der Waals surface area (Å²) in [6, 6.07) is 0. The Morgan fingerprint density at radius 2 is 0.864 bits per heavy atom. The summed E-state index contributed by atoms with van der Waals surface area (Å²) in [5.41, 5.74) is 0. The van der Waals surface area contributed by atoms with Crippen molar-refractivity contribution >= 4 is 0 Å². The first-order valence-electron chi connectivity index (χ1n) is 8.43. The fraction of sp³-hybridized carbons (Fsp3) is 0.619. The lowest BCUT2D eigenvalue weighted by Crippen LogP contribution is -1.95. The minimum atomic E-state index is 0.959. The molecule has 134 valence electrons. The summed E-state index contributed by atoms with van der Waals surface area (Å²) in [5.74, 6) is 0. The summed E-state index contributed by atoms with van der Waals surface area (Å²) < 4.78 is 5.38. The van der Waals surface area contributed by atoms with Crippen LogP contribution in [0.5, 0.6) is 0 Å². The van der Waals surface area contributed by atoms with E-state index in [1.54, 1.807) is 24.3 Å². The van der Waals surface area contributed by atoms with Crippen LogP contribution in [-0.4, -0.2) is 13.2 Å². The Labute approximate surface area is 142 Å². The molecule has 0 atom stereocenters. The minimum absolute atomic E-state index is 0.959. The maximum atomic E-state index is 5.38. The quantitative estimate of drug-likeness (QED) is 0.344. The van der Waals surface area contributed by atoms with Gasteiger partial charge in [0.25, 0.3) is 0 Å². The van der Waals surface area contributed by atoms with Crippen LogP contribution in [0, 0.1) is 0 Å². The molecule has 0 heterocycles. The van der Waals surface area contributed by atoms with E-state index >= 15 is 0 Å². The molecule has 0 aliphatic rings. The fourth-order valence-corrected chi connectivity index (χ4v) is 0.803. The summed E-state index contributed by atoms with van der Waals surface area (Å²) >= 11 is 0. The van der Waals surface area contributed by atoms with Gasteiger partial charge in [0.1, 0.15) is 0 Å². The molecule has 0 bridgehead atoms. The first-order chi connectivity index (χ1) is 10.6. The second-order valence-corrected chi connectivity index (χ2v) is 4.31. The average Bonchev–Trinajstić information content (AvgIpc) is 2.46. The first kappa shape index (κ1) is 32.8. The highest BCUT2D eigenvalue weighted by Gasteiger charge is 1.86. The molecule has 0 N–H and O–H groups in total. The largest absolute Gasteiger partial charge is 0.381 e. The van der Waals surface area contributed by atoms with Crippen LogP contribution in [0.3, 0.4) is 0 Å². The number of rotatable bonds is 7. The molecule has 0 radical (unpaired) electrons. The SMILES string of the molecule is C=CC.C=CC.C=CC.C=CC.CCCCCOCCCC. The maximum Gasteiger partial charge on any atom is 0.0466 e. The summed E-state index contributed by atoms with van der Waals surface area (Å²) in [4.78, 5) is 0. The van der Waals surface area contributed by atoms with Gasteiger partial charge >= 0.3 is 0 Å². The molecular formula is C21H44O. The zero-order chi connectivity index (χ0) is 18.5. The Balaban J connectivity index is -0.0000000664. The van der Waals surface area contributed by atoms with Crippen molar-refractivity contribution in [2.45, 2.75) is 73.6 Å². The van der Waals surface area contributed by atoms with E-state index in [2.05, 4.69) is 40.2 Å². The van der Waals surface area contributed by atoms with Crippen molar-refractivity contribution < 1.29 is 4.74 Å². The third-order valence-corrected chi connectivity index (χ3v) is 1.53. The maximum absolute atomic E-state index is 5.38. The molecule has 0 saturated carbocycles. The normalized spacial score (nSPS) is 7.00. The van der Waals surface area contributed by atoms with Crippen molar-refractivity contribution in [3.05, 3.63) is 50.6 Å². The first-order valence-corrected chi connectivity index (χ1v) is 8.43. The van der Waals surface area contributed by atoms with E-state index in [9.17, 15) is 0 Å². The molecule has 22 heavy (non-hydrogen) atoms. The molecule has 0 aromatic carbocycles. The fourth-order valence-electron chi connectivity index (χ4n) is 0.803. The zero-order valence-electron chi connectivity index (χ0n) is 16.5. The minimum Gasteiger partial charge on any atom is -0.381 e. The van der Waals surface area contributed by atoms with Gasteiger partial charge in [0, 0.05) is 13.2 Å². The molecule has 0 aliphatic carbocycles. The number of hydrogen-bond donors (Lipinski definition) is 0. The van der Waals surface area contributed by atoms with E-state index in [-0.39, 0.29) is 0 Å². The lowest BCUT2D eigenvalue weighted by Gasteiger charge is -2.00. The summed E-state index contributed by atoms with van der Waals surface area (Å²) in [6.07, 6.45) is 13.3. The van der Waals surface area contributed by atoms with Crippen LogP contribution in [-0.2, 0) is 4.74 Å². The number of hydrogen-bond acceptors (Lipinski definition) is 1. The van der Waals surface area contributed by atoms with Gasteiger partial charge in [0.05, 0.1) is 0 Å². The predicted octanol–water partition coefficient (Wildman–Crippen LogP) is 7.76. The van der Waals surface area contributed by atoms with E-state index in [1.807, 2.05) is 27.7 Å². The van der Waals surface area contributed by atoms with Gasteiger partial charge in [-0.2, -0.15) is 0 Å². The van der Waals surface area contributed by atoms with E-state index < -0.39 is 0 Å². The zero-order valence-corrected chi connectivity index (χ0v) is 16.5. The Morgan fingerprint density at radius 1 is 0.591 bits per heavy atom. The van der Waals surface area contributed by atoms with Crippen LogP contribution in [0.1, 0.15) is 73.6 Å². The monoisotopic (exact) mass is 312 g/mol. The Kier molecular flexibility index (Phi) is 89.0. The molecule has 0 unspecified atom stereocenters. The standard InChI is InChI=1S/C9H20O.4C3H6/c1-3-5-7-9-10-8-6-4-2;4*1-3-2/h3-9H2,1-2H3;4*3H,1H2,2H3. The molecule has 0 fully saturated rings. The smallest absolute Gasteiger partial charge is 0.0466 e. The van der Waals surface area contributed by atoms with E-state index in [1.165, 1.54) is 32.1 Å². The van der Waals surface area contributed by atoms with Gasteiger partial charge in [-0.15, -0.1) is 26.3 Å². The highest BCUT2D eigenvalue weighted by molar-refractivity contribution is 4.52. The lowest BCUT2D eigenvalue weighted by molar-refractivity contribution is 0.127. The molecule has 0 spiro atoms. The van der Waals surface area contributed by atoms with Crippen LogP contribution in [0.4, 0.5) is 0 Å². The molecule has 0 amide bonds. The van der Waals surface area contributed by atoms with Gasteiger partial charge in [0.2, 0.25) is 0 Å². The molecule has 0 aliphatic heterocycles. The topological polar surface area (TPSA) is 9.23 Å². The molecule has 0 aromatic heterocycles. The van der Waals surface area contributed by atoms with Gasteiger partial charge in [-0.3, -0.25) is 0 Å². The van der Waals surface area contributed by atoms with Gasteiger partial charge in [-0.05, 0) is 40.5 Å². The van der Waals surface area contributed by atoms with Crippen molar-refractivity contribution in [2.24, 2.45) is 0 Å². The summed E-state index contributed by atoms with van der Waals surface area (Å²) in [7, 11) is 0. The Morgan fingerprint density at radius 3 is 1.14 bits per heavy atom. The van der Waals surface area contributed by atoms with Gasteiger partial charge in [0.15, 0.2) is 0 Å².